The number of aromatic nitrogens is 2. The molecule has 0 radical (unpaired) electrons. The number of carbonyl (C=O) groups excluding carboxylic acids is 1. The van der Waals surface area contributed by atoms with Crippen LogP contribution in [-0.4, -0.2) is 47.6 Å². The second kappa shape index (κ2) is 7.31. The van der Waals surface area contributed by atoms with Gasteiger partial charge in [0.2, 0.25) is 15.9 Å². The molecule has 1 fully saturated rings. The Morgan fingerprint density at radius 3 is 2.23 bits per heavy atom. The van der Waals surface area contributed by atoms with Crippen molar-refractivity contribution in [3.05, 3.63) is 11.4 Å². The van der Waals surface area contributed by atoms with Gasteiger partial charge in [-0.05, 0) is 52.9 Å². The highest BCUT2D eigenvalue weighted by molar-refractivity contribution is 7.89. The molecule has 0 spiro atoms. The lowest BCUT2D eigenvalue weighted by molar-refractivity contribution is -0.134. The summed E-state index contributed by atoms with van der Waals surface area (Å²) in [4.78, 5) is 14.7. The van der Waals surface area contributed by atoms with Crippen molar-refractivity contribution in [2.24, 2.45) is 11.8 Å². The zero-order chi connectivity index (χ0) is 19.9. The first-order valence-corrected chi connectivity index (χ1v) is 10.6. The molecule has 1 aliphatic heterocycles. The van der Waals surface area contributed by atoms with Gasteiger partial charge in [0.15, 0.2) is 0 Å². The van der Waals surface area contributed by atoms with E-state index in [-0.39, 0.29) is 17.3 Å². The van der Waals surface area contributed by atoms with E-state index in [1.54, 1.807) is 34.6 Å². The highest BCUT2D eigenvalue weighted by Gasteiger charge is 2.30. The van der Waals surface area contributed by atoms with Crippen LogP contribution in [0.2, 0.25) is 0 Å². The van der Waals surface area contributed by atoms with Gasteiger partial charge in [-0.2, -0.15) is 5.10 Å². The van der Waals surface area contributed by atoms with Crippen LogP contribution in [0.3, 0.4) is 0 Å². The monoisotopic (exact) mass is 384 g/mol. The molecule has 2 atom stereocenters. The number of hydrogen-bond donors (Lipinski definition) is 1. The van der Waals surface area contributed by atoms with Crippen molar-refractivity contribution in [1.29, 1.82) is 0 Å². The van der Waals surface area contributed by atoms with E-state index in [0.29, 0.717) is 23.2 Å². The molecular formula is C18H32N4O3S. The second-order valence-corrected chi connectivity index (χ2v) is 10.4. The fraction of sp³-hybridized carbons (Fsp3) is 0.778. The molecule has 1 aromatic rings. The number of likely N-dealkylation sites (tertiary alicyclic amines) is 1. The summed E-state index contributed by atoms with van der Waals surface area (Å²) in [5.74, 6) is 0.951. The summed E-state index contributed by atoms with van der Waals surface area (Å²) < 4.78 is 29.6. The standard InChI is InChI=1S/C18H32N4O3S/c1-12-8-13(2)10-21(9-12)16(23)11-22-15(4)17(14(3)19-22)26(24,25)20-18(5,6)7/h12-13,20H,8-11H2,1-7H3. The fourth-order valence-electron chi connectivity index (χ4n) is 3.77. The molecule has 148 valence electrons. The Hall–Kier alpha value is -1.41. The molecule has 0 bridgehead atoms. The van der Waals surface area contributed by atoms with Crippen molar-refractivity contribution in [3.8, 4) is 0 Å². The Kier molecular flexibility index (Phi) is 5.87. The van der Waals surface area contributed by atoms with E-state index in [4.69, 9.17) is 0 Å². The van der Waals surface area contributed by atoms with Gasteiger partial charge in [-0.3, -0.25) is 9.48 Å². The van der Waals surface area contributed by atoms with Gasteiger partial charge < -0.3 is 4.90 Å². The maximum absolute atomic E-state index is 12.7. The largest absolute Gasteiger partial charge is 0.341 e. The Balaban J connectivity index is 2.23. The minimum atomic E-state index is -3.69. The molecule has 26 heavy (non-hydrogen) atoms. The molecule has 1 aromatic heterocycles. The molecule has 8 heteroatoms. The first-order valence-electron chi connectivity index (χ1n) is 9.16. The summed E-state index contributed by atoms with van der Waals surface area (Å²) in [5.41, 5.74) is 0.313. The van der Waals surface area contributed by atoms with Gasteiger partial charge in [0, 0.05) is 18.6 Å². The third kappa shape index (κ3) is 4.85. The van der Waals surface area contributed by atoms with Crippen LogP contribution in [-0.2, 0) is 21.4 Å². The lowest BCUT2D eigenvalue weighted by Gasteiger charge is -2.35. The Morgan fingerprint density at radius 1 is 1.19 bits per heavy atom. The van der Waals surface area contributed by atoms with Gasteiger partial charge in [-0.25, -0.2) is 13.1 Å². The van der Waals surface area contributed by atoms with Crippen molar-refractivity contribution in [2.75, 3.05) is 13.1 Å². The van der Waals surface area contributed by atoms with E-state index in [0.717, 1.165) is 19.5 Å². The SMILES string of the molecule is Cc1nn(CC(=O)N2CC(C)CC(C)C2)c(C)c1S(=O)(=O)NC(C)(C)C. The molecule has 0 aromatic carbocycles. The second-order valence-electron chi connectivity index (χ2n) is 8.76. The van der Waals surface area contributed by atoms with Crippen molar-refractivity contribution in [2.45, 2.75) is 71.9 Å². The van der Waals surface area contributed by atoms with Crippen LogP contribution in [0.15, 0.2) is 4.90 Å². The molecule has 2 rings (SSSR count). The van der Waals surface area contributed by atoms with Crippen molar-refractivity contribution in [3.63, 3.8) is 0 Å². The molecule has 0 aliphatic carbocycles. The first kappa shape index (κ1) is 20.9. The van der Waals surface area contributed by atoms with E-state index >= 15 is 0 Å². The van der Waals surface area contributed by atoms with Gasteiger partial charge in [0.1, 0.15) is 11.4 Å². The number of nitrogens with one attached hydrogen (secondary N) is 1. The lowest BCUT2D eigenvalue weighted by atomic mass is 9.92. The van der Waals surface area contributed by atoms with Gasteiger partial charge in [-0.15, -0.1) is 0 Å². The molecule has 2 unspecified atom stereocenters. The Morgan fingerprint density at radius 2 is 1.73 bits per heavy atom. The molecule has 1 saturated heterocycles. The Labute approximate surface area is 157 Å². The lowest BCUT2D eigenvalue weighted by Crippen LogP contribution is -2.44. The van der Waals surface area contributed by atoms with Crippen LogP contribution in [0, 0.1) is 25.7 Å². The van der Waals surface area contributed by atoms with Crippen molar-refractivity contribution >= 4 is 15.9 Å². The summed E-state index contributed by atoms with van der Waals surface area (Å²) in [6.07, 6.45) is 1.13. The number of carbonyl (C=O) groups is 1. The van der Waals surface area contributed by atoms with Gasteiger partial charge in [0.05, 0.1) is 11.4 Å². The summed E-state index contributed by atoms with van der Waals surface area (Å²) in [5, 5.41) is 4.33. The zero-order valence-electron chi connectivity index (χ0n) is 17.0. The number of rotatable bonds is 4. The third-order valence-corrected chi connectivity index (χ3v) is 6.54. The van der Waals surface area contributed by atoms with E-state index in [1.807, 2.05) is 4.90 Å². The normalized spacial score (nSPS) is 21.9. The van der Waals surface area contributed by atoms with Crippen LogP contribution in [0.4, 0.5) is 0 Å². The number of nitrogens with zero attached hydrogens (tertiary/aromatic N) is 3. The summed E-state index contributed by atoms with van der Waals surface area (Å²) >= 11 is 0. The number of aryl methyl sites for hydroxylation is 1. The van der Waals surface area contributed by atoms with Gasteiger partial charge in [0.25, 0.3) is 0 Å². The average molecular weight is 385 g/mol. The quantitative estimate of drug-likeness (QED) is 0.861. The van der Waals surface area contributed by atoms with E-state index in [2.05, 4.69) is 23.7 Å². The average Bonchev–Trinajstić information content (AvgIpc) is 2.69. The van der Waals surface area contributed by atoms with Crippen LogP contribution >= 0.6 is 0 Å². The molecule has 1 amide bonds. The predicted octanol–water partition coefficient (Wildman–Crippen LogP) is 2.08. The first-order chi connectivity index (χ1) is 11.8. The molecule has 7 nitrogen and oxygen atoms in total. The number of hydrogen-bond acceptors (Lipinski definition) is 4. The predicted molar refractivity (Wildman–Crippen MR) is 101 cm³/mol. The van der Waals surface area contributed by atoms with Crippen LogP contribution in [0.5, 0.6) is 0 Å². The van der Waals surface area contributed by atoms with Crippen LogP contribution in [0.1, 0.15) is 52.4 Å². The molecule has 2 heterocycles. The fourth-order valence-corrected chi connectivity index (χ4v) is 5.60. The maximum atomic E-state index is 12.7. The van der Waals surface area contributed by atoms with Crippen molar-refractivity contribution < 1.29 is 13.2 Å². The van der Waals surface area contributed by atoms with Gasteiger partial charge in [-0.1, -0.05) is 13.8 Å². The zero-order valence-corrected chi connectivity index (χ0v) is 17.8. The minimum absolute atomic E-state index is 0.0123. The smallest absolute Gasteiger partial charge is 0.244 e. The topological polar surface area (TPSA) is 84.3 Å². The third-order valence-electron chi connectivity index (χ3n) is 4.53. The Bertz CT molecular complexity index is 767. The molecule has 1 N–H and O–H groups in total. The van der Waals surface area contributed by atoms with Crippen molar-refractivity contribution in [1.82, 2.24) is 19.4 Å². The van der Waals surface area contributed by atoms with E-state index < -0.39 is 15.6 Å². The molecular weight excluding hydrogens is 352 g/mol. The van der Waals surface area contributed by atoms with Crippen LogP contribution in [0.25, 0.3) is 0 Å². The summed E-state index contributed by atoms with van der Waals surface area (Å²) in [6.45, 7) is 14.6. The summed E-state index contributed by atoms with van der Waals surface area (Å²) in [6, 6.07) is 0. The summed E-state index contributed by atoms with van der Waals surface area (Å²) in [7, 11) is -3.69. The highest BCUT2D eigenvalue weighted by Crippen LogP contribution is 2.23. The highest BCUT2D eigenvalue weighted by atomic mass is 32.2. The van der Waals surface area contributed by atoms with E-state index in [1.165, 1.54) is 4.68 Å². The number of sulfonamides is 1. The maximum Gasteiger partial charge on any atom is 0.244 e. The number of piperidine rings is 1. The van der Waals surface area contributed by atoms with E-state index in [9.17, 15) is 13.2 Å². The minimum Gasteiger partial charge on any atom is -0.341 e. The van der Waals surface area contributed by atoms with Crippen LogP contribution < -0.4 is 4.72 Å². The molecule has 0 saturated carbocycles. The van der Waals surface area contributed by atoms with Gasteiger partial charge >= 0.3 is 0 Å². The molecule has 1 aliphatic rings. The number of amides is 1.